The third kappa shape index (κ3) is 4.88. The summed E-state index contributed by atoms with van der Waals surface area (Å²) in [5.41, 5.74) is 3.88. The lowest BCUT2D eigenvalue weighted by Crippen LogP contribution is -2.44. The minimum atomic E-state index is 0. The van der Waals surface area contributed by atoms with Crippen molar-refractivity contribution in [1.29, 1.82) is 0 Å². The van der Waals surface area contributed by atoms with E-state index in [1.165, 1.54) is 54.1 Å². The highest BCUT2D eigenvalue weighted by molar-refractivity contribution is 14.0. The highest BCUT2D eigenvalue weighted by Crippen LogP contribution is 2.20. The Balaban J connectivity index is 0.00000208. The number of nitrogens with zero attached hydrogens (tertiary/aromatic N) is 1. The van der Waals surface area contributed by atoms with Crippen molar-refractivity contribution in [2.45, 2.75) is 51.5 Å². The minimum Gasteiger partial charge on any atom is -0.361 e. The summed E-state index contributed by atoms with van der Waals surface area (Å²) in [5, 5.41) is 8.34. The number of rotatable bonds is 4. The molecule has 0 amide bonds. The van der Waals surface area contributed by atoms with Crippen LogP contribution >= 0.6 is 24.0 Å². The molecule has 2 aromatic rings. The Hall–Kier alpha value is -1.24. The molecule has 1 saturated carbocycles. The van der Waals surface area contributed by atoms with E-state index < -0.39 is 0 Å². The second-order valence-corrected chi connectivity index (χ2v) is 6.59. The summed E-state index contributed by atoms with van der Waals surface area (Å²) in [6.45, 7) is 3.02. The van der Waals surface area contributed by atoms with E-state index in [-0.39, 0.29) is 24.0 Å². The van der Waals surface area contributed by atoms with Crippen LogP contribution in [0.3, 0.4) is 0 Å². The van der Waals surface area contributed by atoms with Gasteiger partial charge in [-0.05, 0) is 43.4 Å². The Morgan fingerprint density at radius 1 is 1.25 bits per heavy atom. The standard InChI is InChI=1S/C19H28N4.HI/c1-14-8-9-17-15(13-22-18(17)12-14)10-11-21-19(20-2)23-16-6-4-3-5-7-16;/h8-9,12-13,16,22H,3-7,10-11H2,1-2H3,(H2,20,21,23);1H. The molecule has 1 aromatic carbocycles. The van der Waals surface area contributed by atoms with Gasteiger partial charge in [-0.3, -0.25) is 4.99 Å². The smallest absolute Gasteiger partial charge is 0.191 e. The van der Waals surface area contributed by atoms with Gasteiger partial charge in [0.2, 0.25) is 0 Å². The van der Waals surface area contributed by atoms with E-state index in [4.69, 9.17) is 0 Å². The van der Waals surface area contributed by atoms with Gasteiger partial charge in [0.25, 0.3) is 0 Å². The second-order valence-electron chi connectivity index (χ2n) is 6.59. The summed E-state index contributed by atoms with van der Waals surface area (Å²) in [4.78, 5) is 7.73. The topological polar surface area (TPSA) is 52.2 Å². The van der Waals surface area contributed by atoms with Crippen LogP contribution in [0, 0.1) is 6.92 Å². The molecule has 1 aliphatic rings. The number of guanidine groups is 1. The Kier molecular flexibility index (Phi) is 7.40. The van der Waals surface area contributed by atoms with Crippen LogP contribution in [0.5, 0.6) is 0 Å². The summed E-state index contributed by atoms with van der Waals surface area (Å²) in [5.74, 6) is 0.938. The van der Waals surface area contributed by atoms with Crippen LogP contribution in [-0.4, -0.2) is 30.6 Å². The fourth-order valence-corrected chi connectivity index (χ4v) is 3.46. The zero-order chi connectivity index (χ0) is 16.1. The predicted octanol–water partition coefficient (Wildman–Crippen LogP) is 4.13. The lowest BCUT2D eigenvalue weighted by molar-refractivity contribution is 0.410. The van der Waals surface area contributed by atoms with Gasteiger partial charge in [-0.2, -0.15) is 0 Å². The third-order valence-corrected chi connectivity index (χ3v) is 4.78. The van der Waals surface area contributed by atoms with Crippen molar-refractivity contribution in [3.63, 3.8) is 0 Å². The number of hydrogen-bond acceptors (Lipinski definition) is 1. The largest absolute Gasteiger partial charge is 0.361 e. The molecule has 0 radical (unpaired) electrons. The number of aryl methyl sites for hydroxylation is 1. The molecule has 0 atom stereocenters. The zero-order valence-corrected chi connectivity index (χ0v) is 17.0. The number of hydrogen-bond donors (Lipinski definition) is 3. The SMILES string of the molecule is CN=C(NCCc1c[nH]c2cc(C)ccc12)NC1CCCCC1.I. The first-order valence-electron chi connectivity index (χ1n) is 8.80. The van der Waals surface area contributed by atoms with Crippen LogP contribution in [0.25, 0.3) is 10.9 Å². The van der Waals surface area contributed by atoms with E-state index in [0.717, 1.165) is 18.9 Å². The second kappa shape index (κ2) is 9.30. The number of aromatic nitrogens is 1. The number of aliphatic imine (C=N–C) groups is 1. The lowest BCUT2D eigenvalue weighted by atomic mass is 9.96. The van der Waals surface area contributed by atoms with E-state index in [0.29, 0.717) is 6.04 Å². The number of halogens is 1. The Morgan fingerprint density at radius 2 is 2.04 bits per heavy atom. The molecule has 1 fully saturated rings. The number of fused-ring (bicyclic) bond motifs is 1. The number of aromatic amines is 1. The normalized spacial score (nSPS) is 16.0. The van der Waals surface area contributed by atoms with Gasteiger partial charge in [0.05, 0.1) is 0 Å². The van der Waals surface area contributed by atoms with Gasteiger partial charge >= 0.3 is 0 Å². The number of benzene rings is 1. The first kappa shape index (κ1) is 19.1. The minimum absolute atomic E-state index is 0. The fourth-order valence-electron chi connectivity index (χ4n) is 3.46. The highest BCUT2D eigenvalue weighted by atomic mass is 127. The van der Waals surface area contributed by atoms with E-state index in [1.807, 2.05) is 7.05 Å². The van der Waals surface area contributed by atoms with E-state index >= 15 is 0 Å². The average Bonchev–Trinajstić information content (AvgIpc) is 2.97. The summed E-state index contributed by atoms with van der Waals surface area (Å²) < 4.78 is 0. The summed E-state index contributed by atoms with van der Waals surface area (Å²) in [6, 6.07) is 7.18. The van der Waals surface area contributed by atoms with Crippen molar-refractivity contribution in [3.8, 4) is 0 Å². The first-order valence-corrected chi connectivity index (χ1v) is 8.80. The van der Waals surface area contributed by atoms with Crippen LogP contribution in [0.15, 0.2) is 29.4 Å². The maximum absolute atomic E-state index is 4.36. The molecule has 0 saturated heterocycles. The van der Waals surface area contributed by atoms with Gasteiger partial charge in [-0.25, -0.2) is 0 Å². The molecule has 3 N–H and O–H groups in total. The first-order chi connectivity index (χ1) is 11.3. The Labute approximate surface area is 161 Å². The van der Waals surface area contributed by atoms with Crippen molar-refractivity contribution in [2.75, 3.05) is 13.6 Å². The van der Waals surface area contributed by atoms with E-state index in [9.17, 15) is 0 Å². The van der Waals surface area contributed by atoms with Crippen LogP contribution < -0.4 is 10.6 Å². The third-order valence-electron chi connectivity index (χ3n) is 4.78. The molecule has 132 valence electrons. The van der Waals surface area contributed by atoms with E-state index in [2.05, 4.69) is 51.9 Å². The maximum atomic E-state index is 4.36. The molecular weight excluding hydrogens is 411 g/mol. The molecule has 24 heavy (non-hydrogen) atoms. The predicted molar refractivity (Wildman–Crippen MR) is 114 cm³/mol. The van der Waals surface area contributed by atoms with Gasteiger partial charge in [-0.15, -0.1) is 24.0 Å². The fraction of sp³-hybridized carbons (Fsp3) is 0.526. The van der Waals surface area contributed by atoms with Crippen molar-refractivity contribution >= 4 is 40.8 Å². The van der Waals surface area contributed by atoms with Gasteiger partial charge in [0, 0.05) is 36.7 Å². The van der Waals surface area contributed by atoms with Crippen LogP contribution in [0.4, 0.5) is 0 Å². The molecule has 0 bridgehead atoms. The van der Waals surface area contributed by atoms with Gasteiger partial charge in [0.1, 0.15) is 0 Å². The molecule has 1 aliphatic carbocycles. The molecule has 0 unspecified atom stereocenters. The maximum Gasteiger partial charge on any atom is 0.191 e. The van der Waals surface area contributed by atoms with Crippen molar-refractivity contribution in [2.24, 2.45) is 4.99 Å². The zero-order valence-electron chi connectivity index (χ0n) is 14.7. The van der Waals surface area contributed by atoms with Gasteiger partial charge in [-0.1, -0.05) is 31.4 Å². The van der Waals surface area contributed by atoms with Gasteiger partial charge in [0.15, 0.2) is 5.96 Å². The van der Waals surface area contributed by atoms with Gasteiger partial charge < -0.3 is 15.6 Å². The molecule has 5 heteroatoms. The molecule has 4 nitrogen and oxygen atoms in total. The molecule has 3 rings (SSSR count). The number of H-pyrrole nitrogens is 1. The summed E-state index contributed by atoms with van der Waals surface area (Å²) >= 11 is 0. The summed E-state index contributed by atoms with van der Waals surface area (Å²) in [6.07, 6.45) is 9.71. The van der Waals surface area contributed by atoms with Crippen LogP contribution in [-0.2, 0) is 6.42 Å². The summed E-state index contributed by atoms with van der Waals surface area (Å²) in [7, 11) is 1.85. The molecule has 0 spiro atoms. The number of nitrogens with one attached hydrogen (secondary N) is 3. The van der Waals surface area contributed by atoms with Crippen molar-refractivity contribution in [1.82, 2.24) is 15.6 Å². The molecule has 1 heterocycles. The Morgan fingerprint density at radius 3 is 2.79 bits per heavy atom. The Bertz CT molecular complexity index is 671. The average molecular weight is 440 g/mol. The molecular formula is C19H29IN4. The van der Waals surface area contributed by atoms with Crippen LogP contribution in [0.2, 0.25) is 0 Å². The quantitative estimate of drug-likeness (QED) is 0.381. The lowest BCUT2D eigenvalue weighted by Gasteiger charge is -2.24. The molecule has 1 aromatic heterocycles. The monoisotopic (exact) mass is 440 g/mol. The molecule has 0 aliphatic heterocycles. The van der Waals surface area contributed by atoms with Crippen molar-refractivity contribution in [3.05, 3.63) is 35.5 Å². The van der Waals surface area contributed by atoms with Crippen LogP contribution in [0.1, 0.15) is 43.2 Å². The van der Waals surface area contributed by atoms with E-state index in [1.54, 1.807) is 0 Å². The van der Waals surface area contributed by atoms with Crippen molar-refractivity contribution < 1.29 is 0 Å². The highest BCUT2D eigenvalue weighted by Gasteiger charge is 2.14.